The largest absolute Gasteiger partial charge is 0.393 e. The zero-order chi connectivity index (χ0) is 12.7. The molecular formula is C15H24N2O. The first kappa shape index (κ1) is 12.2. The zero-order valence-corrected chi connectivity index (χ0v) is 11.5. The van der Waals surface area contributed by atoms with Crippen LogP contribution in [0, 0.1) is 5.92 Å². The Morgan fingerprint density at radius 2 is 2.17 bits per heavy atom. The van der Waals surface area contributed by atoms with Gasteiger partial charge >= 0.3 is 0 Å². The van der Waals surface area contributed by atoms with Crippen molar-refractivity contribution in [1.82, 2.24) is 9.78 Å². The fourth-order valence-electron chi connectivity index (χ4n) is 4.10. The van der Waals surface area contributed by atoms with E-state index in [0.717, 1.165) is 25.7 Å². The quantitative estimate of drug-likeness (QED) is 0.829. The minimum Gasteiger partial charge on any atom is -0.393 e. The molecule has 0 bridgehead atoms. The zero-order valence-electron chi connectivity index (χ0n) is 11.5. The second-order valence-electron chi connectivity index (χ2n) is 6.01. The molecule has 18 heavy (non-hydrogen) atoms. The van der Waals surface area contributed by atoms with Gasteiger partial charge in [-0.3, -0.25) is 4.68 Å². The molecular weight excluding hydrogens is 224 g/mol. The van der Waals surface area contributed by atoms with Gasteiger partial charge in [-0.15, -0.1) is 0 Å². The normalized spacial score (nSPS) is 31.6. The number of rotatable bonds is 1. The third-order valence-electron chi connectivity index (χ3n) is 4.95. The highest BCUT2D eigenvalue weighted by molar-refractivity contribution is 5.31. The van der Waals surface area contributed by atoms with Gasteiger partial charge in [0.15, 0.2) is 0 Å². The van der Waals surface area contributed by atoms with E-state index < -0.39 is 0 Å². The summed E-state index contributed by atoms with van der Waals surface area (Å²) in [5, 5.41) is 14.7. The average molecular weight is 248 g/mol. The van der Waals surface area contributed by atoms with E-state index in [-0.39, 0.29) is 6.10 Å². The Bertz CT molecular complexity index is 438. The summed E-state index contributed by atoms with van der Waals surface area (Å²) in [6.07, 6.45) is 7.81. The molecule has 3 unspecified atom stereocenters. The molecule has 3 nitrogen and oxygen atoms in total. The summed E-state index contributed by atoms with van der Waals surface area (Å²) in [5.74, 6) is 1.27. The third kappa shape index (κ3) is 1.89. The Balaban J connectivity index is 1.99. The lowest BCUT2D eigenvalue weighted by Crippen LogP contribution is -2.26. The molecule has 0 aromatic carbocycles. The van der Waals surface area contributed by atoms with Crippen LogP contribution < -0.4 is 0 Å². The van der Waals surface area contributed by atoms with E-state index in [4.69, 9.17) is 5.10 Å². The Morgan fingerprint density at radius 3 is 2.94 bits per heavy atom. The average Bonchev–Trinajstić information content (AvgIpc) is 2.55. The molecule has 1 aromatic heterocycles. The van der Waals surface area contributed by atoms with Gasteiger partial charge in [-0.1, -0.05) is 6.92 Å². The van der Waals surface area contributed by atoms with Crippen LogP contribution >= 0.6 is 0 Å². The van der Waals surface area contributed by atoms with Crippen LogP contribution in [0.5, 0.6) is 0 Å². The number of aliphatic hydroxyl groups excluding tert-OH is 1. The monoisotopic (exact) mass is 248 g/mol. The van der Waals surface area contributed by atoms with Crippen molar-refractivity contribution in [3.8, 4) is 0 Å². The lowest BCUT2D eigenvalue weighted by molar-refractivity contribution is 0.0857. The highest BCUT2D eigenvalue weighted by Gasteiger charge is 2.36. The van der Waals surface area contributed by atoms with Gasteiger partial charge in [0, 0.05) is 18.7 Å². The molecule has 0 amide bonds. The number of hydrogen-bond acceptors (Lipinski definition) is 2. The van der Waals surface area contributed by atoms with E-state index in [0.29, 0.717) is 11.8 Å². The van der Waals surface area contributed by atoms with Crippen molar-refractivity contribution in [1.29, 1.82) is 0 Å². The second-order valence-corrected chi connectivity index (χ2v) is 6.01. The third-order valence-corrected chi connectivity index (χ3v) is 4.95. The lowest BCUT2D eigenvalue weighted by Gasteiger charge is -2.32. The molecule has 2 aliphatic rings. The maximum Gasteiger partial charge on any atom is 0.0693 e. The molecule has 100 valence electrons. The molecule has 0 radical (unpaired) electrons. The Morgan fingerprint density at radius 1 is 1.33 bits per heavy atom. The molecule has 0 saturated heterocycles. The Hall–Kier alpha value is -0.830. The van der Waals surface area contributed by atoms with Crippen molar-refractivity contribution in [2.75, 3.05) is 0 Å². The van der Waals surface area contributed by atoms with Crippen LogP contribution in [0.1, 0.15) is 61.9 Å². The smallest absolute Gasteiger partial charge is 0.0693 e. The van der Waals surface area contributed by atoms with E-state index in [1.165, 1.54) is 36.2 Å². The summed E-state index contributed by atoms with van der Waals surface area (Å²) in [5.41, 5.74) is 4.32. The van der Waals surface area contributed by atoms with Crippen LogP contribution in [0.2, 0.25) is 0 Å². The van der Waals surface area contributed by atoms with Crippen molar-refractivity contribution in [3.05, 3.63) is 17.0 Å². The maximum atomic E-state index is 9.87. The molecule has 1 fully saturated rings. The predicted molar refractivity (Wildman–Crippen MR) is 71.6 cm³/mol. The molecule has 3 atom stereocenters. The molecule has 0 spiro atoms. The standard InChI is InChI=1S/C15H24N2O/c1-3-14-13-6-4-5-10-9-11(18)7-8-12(10)15(13)16-17(14)2/h10-12,18H,3-9H2,1-2H3. The van der Waals surface area contributed by atoms with E-state index >= 15 is 0 Å². The molecule has 1 N–H and O–H groups in total. The fourth-order valence-corrected chi connectivity index (χ4v) is 4.10. The van der Waals surface area contributed by atoms with E-state index in [1.807, 2.05) is 0 Å². The van der Waals surface area contributed by atoms with Crippen LogP contribution in [0.4, 0.5) is 0 Å². The van der Waals surface area contributed by atoms with Crippen molar-refractivity contribution in [3.63, 3.8) is 0 Å². The number of hydrogen-bond donors (Lipinski definition) is 1. The first-order chi connectivity index (χ1) is 8.70. The minimum atomic E-state index is -0.0674. The molecule has 3 rings (SSSR count). The number of aryl methyl sites for hydroxylation is 1. The van der Waals surface area contributed by atoms with Crippen LogP contribution in [0.25, 0.3) is 0 Å². The van der Waals surface area contributed by atoms with Crippen molar-refractivity contribution >= 4 is 0 Å². The molecule has 1 saturated carbocycles. The highest BCUT2D eigenvalue weighted by atomic mass is 16.3. The molecule has 0 aliphatic heterocycles. The molecule has 3 heteroatoms. The lowest BCUT2D eigenvalue weighted by atomic mass is 9.75. The van der Waals surface area contributed by atoms with Crippen LogP contribution in [0.3, 0.4) is 0 Å². The predicted octanol–water partition coefficient (Wildman–Crippen LogP) is 2.56. The van der Waals surface area contributed by atoms with Gasteiger partial charge in [0.1, 0.15) is 0 Å². The molecule has 2 aliphatic carbocycles. The summed E-state index contributed by atoms with van der Waals surface area (Å²) < 4.78 is 2.10. The summed E-state index contributed by atoms with van der Waals surface area (Å²) in [7, 11) is 2.08. The molecule has 1 heterocycles. The fraction of sp³-hybridized carbons (Fsp3) is 0.800. The minimum absolute atomic E-state index is 0.0674. The van der Waals surface area contributed by atoms with Gasteiger partial charge in [0.25, 0.3) is 0 Å². The van der Waals surface area contributed by atoms with Crippen LogP contribution in [-0.2, 0) is 19.9 Å². The number of aromatic nitrogens is 2. The van der Waals surface area contributed by atoms with Crippen LogP contribution in [0.15, 0.2) is 0 Å². The van der Waals surface area contributed by atoms with E-state index in [9.17, 15) is 5.11 Å². The number of aliphatic hydroxyl groups is 1. The summed E-state index contributed by atoms with van der Waals surface area (Å²) in [6.45, 7) is 2.23. The first-order valence-electron chi connectivity index (χ1n) is 7.43. The second kappa shape index (κ2) is 4.69. The van der Waals surface area contributed by atoms with Crippen molar-refractivity contribution in [2.45, 2.75) is 63.9 Å². The first-order valence-corrected chi connectivity index (χ1v) is 7.43. The summed E-state index contributed by atoms with van der Waals surface area (Å²) in [4.78, 5) is 0. The van der Waals surface area contributed by atoms with Gasteiger partial charge in [-0.05, 0) is 56.4 Å². The Kier molecular flexibility index (Phi) is 3.18. The van der Waals surface area contributed by atoms with E-state index in [2.05, 4.69) is 18.7 Å². The van der Waals surface area contributed by atoms with E-state index in [1.54, 1.807) is 0 Å². The van der Waals surface area contributed by atoms with Gasteiger partial charge in [0.2, 0.25) is 0 Å². The summed E-state index contributed by atoms with van der Waals surface area (Å²) in [6, 6.07) is 0. The van der Waals surface area contributed by atoms with Gasteiger partial charge in [0.05, 0.1) is 11.8 Å². The van der Waals surface area contributed by atoms with Crippen molar-refractivity contribution in [2.24, 2.45) is 13.0 Å². The van der Waals surface area contributed by atoms with Gasteiger partial charge < -0.3 is 5.11 Å². The topological polar surface area (TPSA) is 38.0 Å². The van der Waals surface area contributed by atoms with Crippen molar-refractivity contribution < 1.29 is 5.11 Å². The maximum absolute atomic E-state index is 9.87. The SMILES string of the molecule is CCc1c2c(nn1C)C1CCC(O)CC1CCC2. The van der Waals surface area contributed by atoms with Gasteiger partial charge in [-0.25, -0.2) is 0 Å². The summed E-state index contributed by atoms with van der Waals surface area (Å²) >= 11 is 0. The van der Waals surface area contributed by atoms with Gasteiger partial charge in [-0.2, -0.15) is 5.10 Å². The number of fused-ring (bicyclic) bond motifs is 3. The van der Waals surface area contributed by atoms with Crippen LogP contribution in [-0.4, -0.2) is 21.0 Å². The number of nitrogens with zero attached hydrogens (tertiary/aromatic N) is 2. The Labute approximate surface area is 109 Å². The highest BCUT2D eigenvalue weighted by Crippen LogP contribution is 2.44. The molecule has 1 aromatic rings.